The van der Waals surface area contributed by atoms with E-state index in [4.69, 9.17) is 28.2 Å². The fourth-order valence-corrected chi connectivity index (χ4v) is 14.8. The van der Waals surface area contributed by atoms with Crippen LogP contribution in [0.4, 0.5) is 0 Å². The fourth-order valence-electron chi connectivity index (χ4n) is 14.2. The van der Waals surface area contributed by atoms with Crippen molar-refractivity contribution in [1.29, 1.82) is 0 Å². The molecule has 2 saturated heterocycles. The molecule has 2 heterocycles. The van der Waals surface area contributed by atoms with E-state index in [-0.39, 0.29) is 19.3 Å². The van der Waals surface area contributed by atoms with Crippen molar-refractivity contribution in [2.45, 2.75) is 474 Å². The summed E-state index contributed by atoms with van der Waals surface area (Å²) in [5.74, 6) is -2.89. The van der Waals surface area contributed by atoms with Gasteiger partial charge in [-0.25, -0.2) is 4.57 Å². The molecule has 0 radical (unpaired) electrons. The third-order valence-corrected chi connectivity index (χ3v) is 21.0. The smallest absolute Gasteiger partial charge is 0.457 e. The van der Waals surface area contributed by atoms with Crippen LogP contribution in [0.15, 0.2) is 0 Å². The van der Waals surface area contributed by atoms with E-state index in [1.165, 1.54) is 199 Å². The summed E-state index contributed by atoms with van der Waals surface area (Å²) in [5, 5.41) is 62.2. The molecular weight excluding hydrogens is 1310 g/mol. The molecule has 9 N–H and O–H groups in total. The molecule has 20 nitrogen and oxygen atoms in total. The number of aliphatic hydroxyl groups excluding tert-OH is 5. The zero-order valence-corrected chi connectivity index (χ0v) is 65.3. The molecule has 12 atom stereocenters. The van der Waals surface area contributed by atoms with E-state index < -0.39 is 125 Å². The molecule has 2 amide bonds. The molecule has 2 rings (SSSR count). The first kappa shape index (κ1) is 94.7. The van der Waals surface area contributed by atoms with Crippen molar-refractivity contribution in [3.05, 3.63) is 0 Å². The van der Waals surface area contributed by atoms with E-state index in [0.29, 0.717) is 38.5 Å². The third-order valence-electron chi connectivity index (χ3n) is 20.5. The number of phosphoric ester groups is 1. The maximum Gasteiger partial charge on any atom is 0.470 e. The van der Waals surface area contributed by atoms with Crippen LogP contribution in [0.25, 0.3) is 0 Å². The first-order valence-corrected chi connectivity index (χ1v) is 43.5. The SMILES string of the molecule is CCCCCCCCCCCCCCCCC[C@@H](O)CC(=O)N[C@@H]1[C@@H](OC(=O)CCCCCCCCCCCCC)[C@H](O)[C@@H](CO[C@@H]2O[C@H](CO)[C@@H](OP(=O)(O)O)[C@H](OC(=O)CCCCCCCCCCCCC)[C@H]2NC(=O)C[C@H](O)CCCCCCCCCCCCCCCCC)O[C@@H]1O. The van der Waals surface area contributed by atoms with Crippen LogP contribution < -0.4 is 10.6 Å². The maximum absolute atomic E-state index is 14.1. The highest BCUT2D eigenvalue weighted by Crippen LogP contribution is 2.43. The predicted octanol–water partition coefficient (Wildman–Crippen LogP) is 17.5. The summed E-state index contributed by atoms with van der Waals surface area (Å²) in [6, 6.07) is -3.13. The second-order valence-electron chi connectivity index (χ2n) is 30.0. The summed E-state index contributed by atoms with van der Waals surface area (Å²) in [6.07, 6.45) is 42.4. The third kappa shape index (κ3) is 50.0. The van der Waals surface area contributed by atoms with E-state index >= 15 is 0 Å². The molecule has 0 unspecified atom stereocenters. The highest BCUT2D eigenvalue weighted by molar-refractivity contribution is 7.46. The zero-order valence-electron chi connectivity index (χ0n) is 64.4. The van der Waals surface area contributed by atoms with Crippen LogP contribution in [0.5, 0.6) is 0 Å². The molecule has 2 aliphatic rings. The molecule has 0 saturated carbocycles. The van der Waals surface area contributed by atoms with Gasteiger partial charge in [0.2, 0.25) is 11.8 Å². The molecule has 101 heavy (non-hydrogen) atoms. The van der Waals surface area contributed by atoms with Crippen LogP contribution in [0.3, 0.4) is 0 Å². The number of unbranched alkanes of at least 4 members (excludes halogenated alkanes) is 48. The average molecular weight is 1460 g/mol. The van der Waals surface area contributed by atoms with Gasteiger partial charge in [-0.05, 0) is 25.7 Å². The van der Waals surface area contributed by atoms with Gasteiger partial charge in [-0.3, -0.25) is 23.7 Å². The lowest BCUT2D eigenvalue weighted by Gasteiger charge is -2.46. The van der Waals surface area contributed by atoms with Crippen LogP contribution >= 0.6 is 7.82 Å². The Morgan fingerprint density at radius 1 is 0.396 bits per heavy atom. The summed E-state index contributed by atoms with van der Waals surface area (Å²) >= 11 is 0. The monoisotopic (exact) mass is 1460 g/mol. The number of rotatable bonds is 70. The number of phosphoric acid groups is 1. The van der Waals surface area contributed by atoms with Gasteiger partial charge in [0.05, 0.1) is 38.3 Å². The van der Waals surface area contributed by atoms with Crippen molar-refractivity contribution < 1.29 is 87.3 Å². The maximum atomic E-state index is 14.1. The lowest BCUT2D eigenvalue weighted by Crippen LogP contribution is -2.67. The van der Waals surface area contributed by atoms with Crippen LogP contribution in [-0.2, 0) is 52.0 Å². The van der Waals surface area contributed by atoms with Gasteiger partial charge in [0.25, 0.3) is 0 Å². The Morgan fingerprint density at radius 3 is 1.01 bits per heavy atom. The summed E-state index contributed by atoms with van der Waals surface area (Å²) < 4.78 is 48.2. The van der Waals surface area contributed by atoms with Crippen molar-refractivity contribution in [3.63, 3.8) is 0 Å². The van der Waals surface area contributed by atoms with Crippen LogP contribution in [-0.4, -0.2) is 146 Å². The number of esters is 2. The molecule has 0 aromatic rings. The van der Waals surface area contributed by atoms with E-state index in [0.717, 1.165) is 109 Å². The molecule has 21 heteroatoms. The van der Waals surface area contributed by atoms with E-state index in [2.05, 4.69) is 38.3 Å². The van der Waals surface area contributed by atoms with Crippen LogP contribution in [0, 0.1) is 0 Å². The fraction of sp³-hybridized carbons (Fsp3) is 0.950. The molecule has 0 spiro atoms. The number of carbonyl (C=O) groups is 4. The Kier molecular flexibility index (Phi) is 59.8. The zero-order chi connectivity index (χ0) is 73.8. The minimum absolute atomic E-state index is 0.0117. The van der Waals surface area contributed by atoms with Crippen molar-refractivity contribution in [2.24, 2.45) is 0 Å². The topological polar surface area (TPSA) is 306 Å². The number of amides is 2. The highest BCUT2D eigenvalue weighted by atomic mass is 31.2. The number of nitrogens with one attached hydrogen (secondary N) is 2. The van der Waals surface area contributed by atoms with Crippen molar-refractivity contribution >= 4 is 31.6 Å². The minimum atomic E-state index is -5.43. The standard InChI is InChI=1S/C80H153N2O18P/c1-5-9-13-17-21-25-29-31-33-35-39-41-45-49-53-57-65(84)61-69(86)81-73-77(98-71(88)59-55-51-47-43-37-27-23-19-15-11-7-3)75(90)68(96-79(73)91)64-95-80-74(82-70(87)62-66(85)58-54-50-46-42-40-36-34-32-30-26-22-18-14-10-6-2)78(76(67(63-83)97-80)100-101(92,93)94)99-72(89)60-56-52-48-44-38-28-24-20-16-12-8-4/h65-68,73-80,83-85,90-91H,5-64H2,1-4H3,(H,81,86)(H,82,87)(H2,92,93,94)/t65-,66-,67-,68-,73-,74-,75-,76-,77-,78-,79+,80-/m1/s1. The van der Waals surface area contributed by atoms with Gasteiger partial charge in [-0.15, -0.1) is 0 Å². The molecule has 596 valence electrons. The van der Waals surface area contributed by atoms with Gasteiger partial charge >= 0.3 is 19.8 Å². The Bertz CT molecular complexity index is 2020. The van der Waals surface area contributed by atoms with Gasteiger partial charge < -0.3 is 69.6 Å². The Morgan fingerprint density at radius 2 is 0.693 bits per heavy atom. The molecule has 0 aromatic heterocycles. The van der Waals surface area contributed by atoms with Crippen molar-refractivity contribution in [1.82, 2.24) is 10.6 Å². The van der Waals surface area contributed by atoms with Gasteiger partial charge in [0.15, 0.2) is 24.8 Å². The summed E-state index contributed by atoms with van der Waals surface area (Å²) in [7, 11) is -5.43. The van der Waals surface area contributed by atoms with E-state index in [1.807, 2.05) is 0 Å². The second kappa shape index (κ2) is 63.7. The second-order valence-corrected chi connectivity index (χ2v) is 31.2. The summed E-state index contributed by atoms with van der Waals surface area (Å²) in [4.78, 5) is 75.9. The first-order chi connectivity index (χ1) is 49.0. The molecule has 0 aromatic carbocycles. The first-order valence-electron chi connectivity index (χ1n) is 41.9. The number of aliphatic hydroxyl groups is 5. The molecule has 2 fully saturated rings. The lowest BCUT2D eigenvalue weighted by molar-refractivity contribution is -0.298. The largest absolute Gasteiger partial charge is 0.470 e. The van der Waals surface area contributed by atoms with Crippen molar-refractivity contribution in [2.75, 3.05) is 13.2 Å². The normalized spacial score (nSPS) is 21.5. The Balaban J connectivity index is 2.28. The molecular formula is C80H153N2O18P. The quantitative estimate of drug-likeness (QED) is 0.0155. The minimum Gasteiger partial charge on any atom is -0.457 e. The van der Waals surface area contributed by atoms with Crippen LogP contribution in [0.2, 0.25) is 0 Å². The van der Waals surface area contributed by atoms with Gasteiger partial charge in [-0.2, -0.15) is 0 Å². The lowest BCUT2D eigenvalue weighted by atomic mass is 9.95. The molecule has 0 aliphatic carbocycles. The van der Waals surface area contributed by atoms with E-state index in [9.17, 15) is 59.1 Å². The summed E-state index contributed by atoms with van der Waals surface area (Å²) in [6.45, 7) is 7.24. The summed E-state index contributed by atoms with van der Waals surface area (Å²) in [5.41, 5.74) is 0. The average Bonchev–Trinajstić information content (AvgIpc) is 0.785. The molecule has 0 bridgehead atoms. The Labute approximate surface area is 613 Å². The number of carbonyl (C=O) groups excluding carboxylic acids is 4. The van der Waals surface area contributed by atoms with Crippen LogP contribution in [0.1, 0.15) is 400 Å². The number of ether oxygens (including phenoxy) is 5. The van der Waals surface area contributed by atoms with Crippen molar-refractivity contribution in [3.8, 4) is 0 Å². The van der Waals surface area contributed by atoms with E-state index in [1.54, 1.807) is 0 Å². The number of hydrogen-bond donors (Lipinski definition) is 9. The van der Waals surface area contributed by atoms with Gasteiger partial charge in [-0.1, -0.05) is 349 Å². The van der Waals surface area contributed by atoms with Gasteiger partial charge in [0, 0.05) is 12.8 Å². The van der Waals surface area contributed by atoms with Gasteiger partial charge in [0.1, 0.15) is 36.5 Å². The predicted molar refractivity (Wildman–Crippen MR) is 402 cm³/mol. The Hall–Kier alpha value is -2.33. The highest BCUT2D eigenvalue weighted by Gasteiger charge is 2.54. The number of hydrogen-bond acceptors (Lipinski definition) is 16. The molecule has 2 aliphatic heterocycles.